The molecule has 3 aliphatic rings. The van der Waals surface area contributed by atoms with Gasteiger partial charge in [-0.05, 0) is 123 Å². The number of benzene rings is 3. The van der Waals surface area contributed by atoms with Gasteiger partial charge in [-0.2, -0.15) is 0 Å². The van der Waals surface area contributed by atoms with Gasteiger partial charge in [-0.3, -0.25) is 0 Å². The number of allylic oxidation sites excluding steroid dienone is 9. The van der Waals surface area contributed by atoms with Crippen LogP contribution in [0.4, 0.5) is 17.1 Å². The van der Waals surface area contributed by atoms with E-state index in [1.807, 2.05) is 0 Å². The summed E-state index contributed by atoms with van der Waals surface area (Å²) < 4.78 is 0. The zero-order valence-corrected chi connectivity index (χ0v) is 25.4. The molecule has 42 heavy (non-hydrogen) atoms. The first-order valence-electron chi connectivity index (χ1n) is 15.4. The number of rotatable bonds is 7. The Morgan fingerprint density at radius 1 is 0.714 bits per heavy atom. The van der Waals surface area contributed by atoms with Gasteiger partial charge in [-0.1, -0.05) is 85.4 Å². The number of para-hydroxylation sites is 1. The Morgan fingerprint density at radius 3 is 2.14 bits per heavy atom. The maximum atomic E-state index is 2.59. The smallest absolute Gasteiger partial charge is 0.0556 e. The molecule has 0 heterocycles. The van der Waals surface area contributed by atoms with Crippen molar-refractivity contribution in [3.8, 4) is 0 Å². The van der Waals surface area contributed by atoms with E-state index < -0.39 is 0 Å². The van der Waals surface area contributed by atoms with Crippen molar-refractivity contribution >= 4 is 22.6 Å². The van der Waals surface area contributed by atoms with E-state index in [2.05, 4.69) is 159 Å². The van der Waals surface area contributed by atoms with Gasteiger partial charge in [0, 0.05) is 28.5 Å². The van der Waals surface area contributed by atoms with Crippen LogP contribution in [-0.4, -0.2) is 10.9 Å². The minimum absolute atomic E-state index is 0.369. The summed E-state index contributed by atoms with van der Waals surface area (Å²) in [5, 5.41) is 0. The molecular weight excluding hydrogens is 508 g/mol. The Hall–Kier alpha value is -4.30. The molecular formula is C40H42N2. The maximum Gasteiger partial charge on any atom is 0.0556 e. The van der Waals surface area contributed by atoms with Crippen molar-refractivity contribution in [2.45, 2.75) is 59.4 Å². The van der Waals surface area contributed by atoms with Crippen LogP contribution >= 0.6 is 0 Å². The summed E-state index contributed by atoms with van der Waals surface area (Å²) in [6, 6.07) is 26.9. The normalized spacial score (nSPS) is 19.9. The van der Waals surface area contributed by atoms with E-state index in [1.54, 1.807) is 0 Å². The minimum Gasteiger partial charge on any atom is -0.338 e. The topological polar surface area (TPSA) is 6.48 Å². The van der Waals surface area contributed by atoms with Crippen LogP contribution in [0.1, 0.15) is 56.2 Å². The lowest BCUT2D eigenvalue weighted by molar-refractivity contribution is 0.354. The Bertz CT molecular complexity index is 1610. The number of anilines is 3. The van der Waals surface area contributed by atoms with E-state index in [4.69, 9.17) is 0 Å². The highest BCUT2D eigenvalue weighted by atomic mass is 15.2. The van der Waals surface area contributed by atoms with Gasteiger partial charge in [-0.25, -0.2) is 0 Å². The third-order valence-corrected chi connectivity index (χ3v) is 9.10. The molecule has 6 rings (SSSR count). The molecule has 0 amide bonds. The molecule has 0 radical (unpaired) electrons. The van der Waals surface area contributed by atoms with Crippen LogP contribution < -0.4 is 4.90 Å². The van der Waals surface area contributed by atoms with Gasteiger partial charge >= 0.3 is 0 Å². The van der Waals surface area contributed by atoms with Crippen LogP contribution in [0, 0.1) is 19.8 Å². The first kappa shape index (κ1) is 27.8. The van der Waals surface area contributed by atoms with Crippen molar-refractivity contribution in [2.75, 3.05) is 4.90 Å². The molecule has 2 heteroatoms. The van der Waals surface area contributed by atoms with Crippen LogP contribution in [0.25, 0.3) is 5.57 Å². The molecule has 212 valence electrons. The van der Waals surface area contributed by atoms with Gasteiger partial charge in [0.25, 0.3) is 0 Å². The van der Waals surface area contributed by atoms with E-state index in [9.17, 15) is 0 Å². The van der Waals surface area contributed by atoms with Crippen molar-refractivity contribution in [1.82, 2.24) is 4.90 Å². The summed E-state index contributed by atoms with van der Waals surface area (Å²) in [6.07, 6.45) is 22.8. The number of aryl methyl sites for hydroxylation is 2. The number of nitrogens with zero attached hydrogens (tertiary/aromatic N) is 2. The van der Waals surface area contributed by atoms with Crippen LogP contribution in [0.15, 0.2) is 138 Å². The maximum absolute atomic E-state index is 2.59. The largest absolute Gasteiger partial charge is 0.338 e. The second kappa shape index (κ2) is 12.3. The van der Waals surface area contributed by atoms with Crippen molar-refractivity contribution < 1.29 is 0 Å². The summed E-state index contributed by atoms with van der Waals surface area (Å²) in [7, 11) is 0. The van der Waals surface area contributed by atoms with E-state index in [0.717, 1.165) is 25.7 Å². The van der Waals surface area contributed by atoms with Gasteiger partial charge in [0.1, 0.15) is 0 Å². The fourth-order valence-corrected chi connectivity index (χ4v) is 6.20. The zero-order valence-electron chi connectivity index (χ0n) is 25.4. The number of hydrogen-bond acceptors (Lipinski definition) is 2. The van der Waals surface area contributed by atoms with Crippen LogP contribution in [0.2, 0.25) is 0 Å². The van der Waals surface area contributed by atoms with Crippen molar-refractivity contribution in [3.05, 3.63) is 155 Å². The third kappa shape index (κ3) is 5.85. The van der Waals surface area contributed by atoms with E-state index in [-0.39, 0.29) is 0 Å². The predicted octanol–water partition coefficient (Wildman–Crippen LogP) is 10.9. The van der Waals surface area contributed by atoms with Gasteiger partial charge < -0.3 is 9.80 Å². The van der Waals surface area contributed by atoms with E-state index in [0.29, 0.717) is 12.0 Å². The summed E-state index contributed by atoms with van der Waals surface area (Å²) >= 11 is 0. The van der Waals surface area contributed by atoms with Gasteiger partial charge in [0.15, 0.2) is 0 Å². The SMILES string of the molecule is CC1=CC(N(C2=CC=C(c3ccc(N(c4ccccc4)c4ccc(C)c(C)c4)cc3)CC2)C2C=CC=CC2)=CCC1C. The Labute approximate surface area is 252 Å². The lowest BCUT2D eigenvalue weighted by Crippen LogP contribution is -2.33. The molecule has 0 spiro atoms. The second-order valence-electron chi connectivity index (χ2n) is 12.0. The summed E-state index contributed by atoms with van der Waals surface area (Å²) in [6.45, 7) is 8.97. The Kier molecular flexibility index (Phi) is 8.15. The molecule has 0 aliphatic heterocycles. The summed E-state index contributed by atoms with van der Waals surface area (Å²) in [5.74, 6) is 0.625. The third-order valence-electron chi connectivity index (χ3n) is 9.10. The highest BCUT2D eigenvalue weighted by molar-refractivity contribution is 5.78. The lowest BCUT2D eigenvalue weighted by Gasteiger charge is -2.38. The van der Waals surface area contributed by atoms with Gasteiger partial charge in [0.05, 0.1) is 6.04 Å². The molecule has 0 fully saturated rings. The molecule has 2 nitrogen and oxygen atoms in total. The molecule has 3 aromatic carbocycles. The van der Waals surface area contributed by atoms with Gasteiger partial charge in [0.2, 0.25) is 0 Å². The molecule has 2 atom stereocenters. The molecule has 3 aliphatic carbocycles. The lowest BCUT2D eigenvalue weighted by atomic mass is 9.90. The van der Waals surface area contributed by atoms with Crippen LogP contribution in [-0.2, 0) is 0 Å². The molecule has 0 saturated heterocycles. The van der Waals surface area contributed by atoms with Crippen molar-refractivity contribution in [3.63, 3.8) is 0 Å². The van der Waals surface area contributed by atoms with Crippen LogP contribution in [0.5, 0.6) is 0 Å². The molecule has 0 bridgehead atoms. The average molecular weight is 551 g/mol. The molecule has 0 saturated carbocycles. The van der Waals surface area contributed by atoms with Gasteiger partial charge in [-0.15, -0.1) is 0 Å². The first-order chi connectivity index (χ1) is 20.5. The van der Waals surface area contributed by atoms with Crippen LogP contribution in [0.3, 0.4) is 0 Å². The van der Waals surface area contributed by atoms with Crippen molar-refractivity contribution in [1.29, 1.82) is 0 Å². The zero-order chi connectivity index (χ0) is 29.1. The molecule has 0 aromatic heterocycles. The average Bonchev–Trinajstić information content (AvgIpc) is 3.03. The fraction of sp³-hybridized carbons (Fsp3) is 0.250. The minimum atomic E-state index is 0.369. The van der Waals surface area contributed by atoms with Crippen molar-refractivity contribution in [2.24, 2.45) is 5.92 Å². The standard InChI is InChI=1S/C40H42N2/c1-29-15-21-39(27-31(29)3)41(35-11-7-5-8-12-35)37-23-17-33(18-24-37)34-19-25-38(26-20-34)42(36-13-9-6-10-14-36)40-22-16-30(2)32(4)28-40/h5-13,15,17-19,21-25,27-28,30,36H,14,16,20,26H2,1-4H3. The highest BCUT2D eigenvalue weighted by Gasteiger charge is 2.25. The fourth-order valence-electron chi connectivity index (χ4n) is 6.20. The molecule has 3 aromatic rings. The first-order valence-corrected chi connectivity index (χ1v) is 15.4. The number of hydrogen-bond donors (Lipinski definition) is 0. The summed E-state index contributed by atoms with van der Waals surface area (Å²) in [4.78, 5) is 4.94. The Morgan fingerprint density at radius 2 is 1.48 bits per heavy atom. The molecule has 0 N–H and O–H groups in total. The summed E-state index contributed by atoms with van der Waals surface area (Å²) in [5.41, 5.74) is 13.1. The van der Waals surface area contributed by atoms with E-state index >= 15 is 0 Å². The Balaban J connectivity index is 1.28. The quantitative estimate of drug-likeness (QED) is 0.289. The molecule has 2 unspecified atom stereocenters. The monoisotopic (exact) mass is 550 g/mol. The highest BCUT2D eigenvalue weighted by Crippen LogP contribution is 2.38. The predicted molar refractivity (Wildman–Crippen MR) is 180 cm³/mol. The van der Waals surface area contributed by atoms with E-state index in [1.165, 1.54) is 56.3 Å². The second-order valence-corrected chi connectivity index (χ2v) is 12.0.